The molecule has 27 heavy (non-hydrogen) atoms. The molecular formula is C17H12N8OS. The molecule has 3 heterocycles. The van der Waals surface area contributed by atoms with Gasteiger partial charge in [0.25, 0.3) is 5.78 Å². The van der Waals surface area contributed by atoms with Crippen molar-refractivity contribution in [1.29, 1.82) is 5.26 Å². The number of aromatic nitrogens is 6. The number of carbonyl (C=O) groups excluding carboxylic acids is 1. The Morgan fingerprint density at radius 2 is 2.11 bits per heavy atom. The fourth-order valence-electron chi connectivity index (χ4n) is 2.39. The number of thioether (sulfide) groups is 1. The van der Waals surface area contributed by atoms with Gasteiger partial charge < -0.3 is 5.32 Å². The molecule has 132 valence electrons. The van der Waals surface area contributed by atoms with Crippen molar-refractivity contribution >= 4 is 29.3 Å². The van der Waals surface area contributed by atoms with Gasteiger partial charge in [-0.05, 0) is 18.2 Å². The first-order valence-electron chi connectivity index (χ1n) is 7.88. The highest BCUT2D eigenvalue weighted by Gasteiger charge is 2.16. The van der Waals surface area contributed by atoms with Gasteiger partial charge in [0.15, 0.2) is 5.82 Å². The maximum atomic E-state index is 12.4. The van der Waals surface area contributed by atoms with Crippen molar-refractivity contribution in [3.05, 3.63) is 60.6 Å². The summed E-state index contributed by atoms with van der Waals surface area (Å²) in [4.78, 5) is 20.7. The van der Waals surface area contributed by atoms with E-state index in [1.165, 1.54) is 22.6 Å². The molecule has 0 atom stereocenters. The van der Waals surface area contributed by atoms with Crippen LogP contribution in [-0.4, -0.2) is 41.0 Å². The van der Waals surface area contributed by atoms with E-state index in [0.717, 1.165) is 5.69 Å². The third-order valence-electron chi connectivity index (χ3n) is 3.58. The van der Waals surface area contributed by atoms with Crippen LogP contribution >= 0.6 is 11.8 Å². The second-order valence-electron chi connectivity index (χ2n) is 5.36. The van der Waals surface area contributed by atoms with Crippen molar-refractivity contribution in [1.82, 2.24) is 29.4 Å². The van der Waals surface area contributed by atoms with E-state index in [0.29, 0.717) is 16.8 Å². The van der Waals surface area contributed by atoms with Crippen LogP contribution in [0.5, 0.6) is 0 Å². The van der Waals surface area contributed by atoms with E-state index in [-0.39, 0.29) is 17.2 Å². The molecular weight excluding hydrogens is 364 g/mol. The average Bonchev–Trinajstić information content (AvgIpc) is 3.30. The smallest absolute Gasteiger partial charge is 0.253 e. The van der Waals surface area contributed by atoms with Crippen molar-refractivity contribution < 1.29 is 4.79 Å². The first kappa shape index (κ1) is 16.7. The highest BCUT2D eigenvalue weighted by atomic mass is 32.2. The van der Waals surface area contributed by atoms with E-state index in [1.807, 2.05) is 36.4 Å². The summed E-state index contributed by atoms with van der Waals surface area (Å²) in [6.07, 6.45) is 4.78. The maximum Gasteiger partial charge on any atom is 0.253 e. The van der Waals surface area contributed by atoms with Crippen molar-refractivity contribution in [2.45, 2.75) is 5.16 Å². The van der Waals surface area contributed by atoms with E-state index >= 15 is 0 Å². The molecule has 0 fully saturated rings. The standard InChI is InChI=1S/C17H12N8OS/c18-9-12-10-20-25(13-5-2-1-3-6-13)15(12)21-14(26)11-27-17-22-16-19-7-4-8-24(16)23-17/h1-8,10H,11H2,(H,21,26). The number of nitriles is 1. The van der Waals surface area contributed by atoms with E-state index < -0.39 is 0 Å². The van der Waals surface area contributed by atoms with E-state index in [1.54, 1.807) is 23.0 Å². The number of nitrogens with zero attached hydrogens (tertiary/aromatic N) is 7. The minimum atomic E-state index is -0.291. The van der Waals surface area contributed by atoms with Crippen LogP contribution in [0.2, 0.25) is 0 Å². The van der Waals surface area contributed by atoms with Gasteiger partial charge in [-0.2, -0.15) is 15.3 Å². The molecule has 0 aliphatic carbocycles. The molecule has 4 aromatic rings. The number of benzene rings is 1. The van der Waals surface area contributed by atoms with Gasteiger partial charge in [0.1, 0.15) is 11.6 Å². The molecule has 10 heteroatoms. The molecule has 0 radical (unpaired) electrons. The van der Waals surface area contributed by atoms with Crippen LogP contribution in [-0.2, 0) is 4.79 Å². The minimum absolute atomic E-state index is 0.0850. The molecule has 0 aliphatic rings. The molecule has 0 aliphatic heterocycles. The molecule has 1 N–H and O–H groups in total. The summed E-state index contributed by atoms with van der Waals surface area (Å²) in [5.41, 5.74) is 1.03. The Bertz CT molecular complexity index is 1110. The van der Waals surface area contributed by atoms with Crippen molar-refractivity contribution in [2.24, 2.45) is 0 Å². The van der Waals surface area contributed by atoms with Gasteiger partial charge in [-0.1, -0.05) is 30.0 Å². The number of hydrogen-bond acceptors (Lipinski definition) is 7. The third-order valence-corrected chi connectivity index (χ3v) is 4.42. The van der Waals surface area contributed by atoms with Crippen molar-refractivity contribution in [2.75, 3.05) is 11.1 Å². The Hall–Kier alpha value is -3.71. The fourth-order valence-corrected chi connectivity index (χ4v) is 3.01. The van der Waals surface area contributed by atoms with Gasteiger partial charge in [-0.25, -0.2) is 14.2 Å². The molecule has 3 aromatic heterocycles. The minimum Gasteiger partial charge on any atom is -0.309 e. The lowest BCUT2D eigenvalue weighted by Crippen LogP contribution is -2.17. The van der Waals surface area contributed by atoms with Crippen LogP contribution < -0.4 is 5.32 Å². The Kier molecular flexibility index (Phi) is 4.51. The number of rotatable bonds is 5. The van der Waals surface area contributed by atoms with Crippen LogP contribution in [0, 0.1) is 11.3 Å². The summed E-state index contributed by atoms with van der Waals surface area (Å²) in [7, 11) is 0. The lowest BCUT2D eigenvalue weighted by Gasteiger charge is -2.09. The Labute approximate surface area is 157 Å². The molecule has 1 amide bonds. The number of carbonyl (C=O) groups is 1. The lowest BCUT2D eigenvalue weighted by molar-refractivity contribution is -0.113. The van der Waals surface area contributed by atoms with Crippen LogP contribution in [0.25, 0.3) is 11.5 Å². The molecule has 1 aromatic carbocycles. The molecule has 0 bridgehead atoms. The SMILES string of the molecule is N#Cc1cnn(-c2ccccc2)c1NC(=O)CSc1nc2ncccn2n1. The summed E-state index contributed by atoms with van der Waals surface area (Å²) in [6, 6.07) is 13.1. The molecule has 0 unspecified atom stereocenters. The zero-order valence-corrected chi connectivity index (χ0v) is 14.7. The quantitative estimate of drug-likeness (QED) is 0.529. The molecule has 9 nitrogen and oxygen atoms in total. The largest absolute Gasteiger partial charge is 0.309 e. The van der Waals surface area contributed by atoms with Gasteiger partial charge in [0.05, 0.1) is 17.6 Å². The van der Waals surface area contributed by atoms with Gasteiger partial charge >= 0.3 is 0 Å². The predicted octanol–water partition coefficient (Wildman–Crippen LogP) is 1.91. The average molecular weight is 376 g/mol. The number of hydrogen-bond donors (Lipinski definition) is 1. The summed E-state index contributed by atoms with van der Waals surface area (Å²) in [5, 5.41) is 20.9. The Morgan fingerprint density at radius 1 is 1.26 bits per heavy atom. The monoisotopic (exact) mass is 376 g/mol. The van der Waals surface area contributed by atoms with Crippen molar-refractivity contribution in [3.63, 3.8) is 0 Å². The normalized spacial score (nSPS) is 10.6. The zero-order chi connectivity index (χ0) is 18.6. The summed E-state index contributed by atoms with van der Waals surface area (Å²) < 4.78 is 3.06. The van der Waals surface area contributed by atoms with Crippen LogP contribution in [0.1, 0.15) is 5.56 Å². The third kappa shape index (κ3) is 3.49. The number of para-hydroxylation sites is 1. The Balaban J connectivity index is 1.49. The van der Waals surface area contributed by atoms with Crippen molar-refractivity contribution in [3.8, 4) is 11.8 Å². The van der Waals surface area contributed by atoms with Crippen LogP contribution in [0.3, 0.4) is 0 Å². The van der Waals surface area contributed by atoms with Gasteiger partial charge in [-0.3, -0.25) is 4.79 Å². The van der Waals surface area contributed by atoms with Gasteiger partial charge in [-0.15, -0.1) is 5.10 Å². The van der Waals surface area contributed by atoms with E-state index in [2.05, 4.69) is 25.5 Å². The molecule has 0 spiro atoms. The van der Waals surface area contributed by atoms with E-state index in [4.69, 9.17) is 0 Å². The van der Waals surface area contributed by atoms with Crippen LogP contribution in [0.15, 0.2) is 60.1 Å². The highest BCUT2D eigenvalue weighted by molar-refractivity contribution is 7.99. The fraction of sp³-hybridized carbons (Fsp3) is 0.0588. The molecule has 0 saturated heterocycles. The number of anilines is 1. The van der Waals surface area contributed by atoms with Gasteiger partial charge in [0, 0.05) is 12.4 Å². The second kappa shape index (κ2) is 7.27. The summed E-state index contributed by atoms with van der Waals surface area (Å²) in [5.74, 6) is 0.594. The predicted molar refractivity (Wildman–Crippen MR) is 98.4 cm³/mol. The molecule has 0 saturated carbocycles. The van der Waals surface area contributed by atoms with Gasteiger partial charge in [0.2, 0.25) is 11.1 Å². The molecule has 4 rings (SSSR count). The van der Waals surface area contributed by atoms with Crippen LogP contribution in [0.4, 0.5) is 5.82 Å². The zero-order valence-electron chi connectivity index (χ0n) is 13.9. The lowest BCUT2D eigenvalue weighted by atomic mass is 10.3. The Morgan fingerprint density at radius 3 is 2.89 bits per heavy atom. The number of fused-ring (bicyclic) bond motifs is 1. The van der Waals surface area contributed by atoms with E-state index in [9.17, 15) is 10.1 Å². The number of amides is 1. The first-order valence-corrected chi connectivity index (χ1v) is 8.87. The summed E-state index contributed by atoms with van der Waals surface area (Å²) in [6.45, 7) is 0. The summed E-state index contributed by atoms with van der Waals surface area (Å²) >= 11 is 1.18. The first-order chi connectivity index (χ1) is 13.2. The highest BCUT2D eigenvalue weighted by Crippen LogP contribution is 2.20. The maximum absolute atomic E-state index is 12.4. The topological polar surface area (TPSA) is 114 Å². The number of nitrogens with one attached hydrogen (secondary N) is 1. The second-order valence-corrected chi connectivity index (χ2v) is 6.30.